The fourth-order valence-corrected chi connectivity index (χ4v) is 2.66. The molecule has 0 aromatic heterocycles. The molecule has 0 spiro atoms. The molecule has 0 unspecified atom stereocenters. The maximum absolute atomic E-state index is 9.05. The van der Waals surface area contributed by atoms with Crippen molar-refractivity contribution >= 4 is 22.0 Å². The van der Waals surface area contributed by atoms with Crippen molar-refractivity contribution in [3.63, 3.8) is 0 Å². The van der Waals surface area contributed by atoms with Gasteiger partial charge in [-0.15, -0.1) is 0 Å². The molecule has 0 aliphatic carbocycles. The lowest BCUT2D eigenvalue weighted by Crippen LogP contribution is -1.99. The molecule has 21 heavy (non-hydrogen) atoms. The van der Waals surface area contributed by atoms with Crippen molar-refractivity contribution in [2.75, 3.05) is 5.73 Å². The van der Waals surface area contributed by atoms with Crippen LogP contribution in [0.3, 0.4) is 0 Å². The number of hydrogen-bond acceptors (Lipinski definition) is 3. The van der Waals surface area contributed by atoms with Gasteiger partial charge in [-0.2, -0.15) is 10.5 Å². The van der Waals surface area contributed by atoms with Gasteiger partial charge in [-0.1, -0.05) is 31.2 Å². The summed E-state index contributed by atoms with van der Waals surface area (Å²) in [5.74, 6) is 0. The van der Waals surface area contributed by atoms with Gasteiger partial charge in [0.1, 0.15) is 17.7 Å². The molecule has 0 atom stereocenters. The number of allylic oxidation sites excluding steroid dienone is 2. The molecule has 3 nitrogen and oxygen atoms in total. The SMILES string of the molecule is CCc1ccc2c(N)c(C(C)=C(C#N)C#N)c(C)cc2c1. The molecular weight excluding hydrogens is 258 g/mol. The van der Waals surface area contributed by atoms with Gasteiger partial charge in [-0.3, -0.25) is 0 Å². The Hall–Kier alpha value is -2.78. The molecule has 0 saturated heterocycles. The molecule has 104 valence electrons. The number of anilines is 1. The molecule has 0 amide bonds. The molecule has 0 saturated carbocycles. The van der Waals surface area contributed by atoms with Crippen LogP contribution >= 0.6 is 0 Å². The van der Waals surface area contributed by atoms with E-state index in [0.29, 0.717) is 11.3 Å². The third kappa shape index (κ3) is 2.47. The average Bonchev–Trinajstić information content (AvgIpc) is 2.47. The van der Waals surface area contributed by atoms with Crippen LogP contribution in [0.2, 0.25) is 0 Å². The minimum atomic E-state index is 0.106. The van der Waals surface area contributed by atoms with Crippen LogP contribution < -0.4 is 5.73 Å². The molecular formula is C18H17N3. The first-order chi connectivity index (χ1) is 10.0. The highest BCUT2D eigenvalue weighted by Crippen LogP contribution is 2.34. The van der Waals surface area contributed by atoms with E-state index in [1.54, 1.807) is 6.92 Å². The molecule has 0 aliphatic rings. The molecule has 0 bridgehead atoms. The lowest BCUT2D eigenvalue weighted by molar-refractivity contribution is 1.15. The number of benzene rings is 2. The molecule has 0 fully saturated rings. The molecule has 0 aliphatic heterocycles. The van der Waals surface area contributed by atoms with Gasteiger partial charge < -0.3 is 5.73 Å². The highest BCUT2D eigenvalue weighted by molar-refractivity contribution is 6.00. The van der Waals surface area contributed by atoms with Gasteiger partial charge in [0, 0.05) is 16.6 Å². The fraction of sp³-hybridized carbons (Fsp3) is 0.222. The van der Waals surface area contributed by atoms with Crippen LogP contribution in [0.25, 0.3) is 16.3 Å². The zero-order valence-corrected chi connectivity index (χ0v) is 12.5. The van der Waals surface area contributed by atoms with Gasteiger partial charge in [0.2, 0.25) is 0 Å². The second-order valence-corrected chi connectivity index (χ2v) is 5.11. The second kappa shape index (κ2) is 5.69. The van der Waals surface area contributed by atoms with Gasteiger partial charge in [0.15, 0.2) is 0 Å². The lowest BCUT2D eigenvalue weighted by atomic mass is 9.91. The number of nitrogen functional groups attached to an aromatic ring is 1. The third-order valence-corrected chi connectivity index (χ3v) is 3.82. The van der Waals surface area contributed by atoms with Gasteiger partial charge in [-0.05, 0) is 42.4 Å². The lowest BCUT2D eigenvalue weighted by Gasteiger charge is -2.14. The Balaban J connectivity index is 2.83. The second-order valence-electron chi connectivity index (χ2n) is 5.11. The summed E-state index contributed by atoms with van der Waals surface area (Å²) in [5.41, 5.74) is 10.7. The zero-order valence-electron chi connectivity index (χ0n) is 12.5. The topological polar surface area (TPSA) is 73.6 Å². The van der Waals surface area contributed by atoms with Crippen LogP contribution in [-0.4, -0.2) is 0 Å². The van der Waals surface area contributed by atoms with Crippen LogP contribution in [0, 0.1) is 29.6 Å². The number of nitriles is 2. The zero-order chi connectivity index (χ0) is 15.6. The van der Waals surface area contributed by atoms with Crippen molar-refractivity contribution in [3.05, 3.63) is 46.5 Å². The Kier molecular flexibility index (Phi) is 3.96. The summed E-state index contributed by atoms with van der Waals surface area (Å²) in [4.78, 5) is 0. The monoisotopic (exact) mass is 275 g/mol. The maximum Gasteiger partial charge on any atom is 0.133 e. The normalized spacial score (nSPS) is 9.95. The van der Waals surface area contributed by atoms with Gasteiger partial charge in [0.25, 0.3) is 0 Å². The first-order valence-electron chi connectivity index (χ1n) is 6.86. The highest BCUT2D eigenvalue weighted by atomic mass is 14.6. The van der Waals surface area contributed by atoms with Crippen molar-refractivity contribution in [2.24, 2.45) is 0 Å². The number of fused-ring (bicyclic) bond motifs is 1. The fourth-order valence-electron chi connectivity index (χ4n) is 2.66. The minimum absolute atomic E-state index is 0.106. The van der Waals surface area contributed by atoms with Crippen LogP contribution in [0.4, 0.5) is 5.69 Å². The first-order valence-corrected chi connectivity index (χ1v) is 6.86. The van der Waals surface area contributed by atoms with E-state index in [9.17, 15) is 0 Å². The van der Waals surface area contributed by atoms with Gasteiger partial charge in [0.05, 0.1) is 0 Å². The summed E-state index contributed by atoms with van der Waals surface area (Å²) in [7, 11) is 0. The predicted molar refractivity (Wildman–Crippen MR) is 86.3 cm³/mol. The molecule has 2 aromatic rings. The van der Waals surface area contributed by atoms with E-state index in [-0.39, 0.29) is 5.57 Å². The Bertz CT molecular complexity index is 814. The Morgan fingerprint density at radius 3 is 2.43 bits per heavy atom. The van der Waals surface area contributed by atoms with E-state index >= 15 is 0 Å². The van der Waals surface area contributed by atoms with E-state index < -0.39 is 0 Å². The van der Waals surface area contributed by atoms with Crippen molar-refractivity contribution < 1.29 is 0 Å². The summed E-state index contributed by atoms with van der Waals surface area (Å²) in [6, 6.07) is 12.1. The Morgan fingerprint density at radius 2 is 1.86 bits per heavy atom. The standard InChI is InChI=1S/C18H17N3/c1-4-13-5-6-16-14(8-13)7-11(2)17(18(16)21)12(3)15(9-19)10-20/h5-8H,4,21H2,1-3H3. The van der Waals surface area contributed by atoms with Gasteiger partial charge in [-0.25, -0.2) is 0 Å². The average molecular weight is 275 g/mol. The third-order valence-electron chi connectivity index (χ3n) is 3.82. The number of nitrogens with two attached hydrogens (primary N) is 1. The molecule has 0 heterocycles. The van der Waals surface area contributed by atoms with Crippen molar-refractivity contribution in [1.29, 1.82) is 10.5 Å². The van der Waals surface area contributed by atoms with Crippen LogP contribution in [-0.2, 0) is 6.42 Å². The van der Waals surface area contributed by atoms with Crippen LogP contribution in [0.5, 0.6) is 0 Å². The summed E-state index contributed by atoms with van der Waals surface area (Å²) in [6.07, 6.45) is 0.975. The summed E-state index contributed by atoms with van der Waals surface area (Å²) >= 11 is 0. The first kappa shape index (κ1) is 14.6. The maximum atomic E-state index is 9.05. The summed E-state index contributed by atoms with van der Waals surface area (Å²) < 4.78 is 0. The molecule has 2 rings (SSSR count). The smallest absolute Gasteiger partial charge is 0.133 e. The van der Waals surface area contributed by atoms with E-state index in [1.165, 1.54) is 5.56 Å². The molecule has 2 N–H and O–H groups in total. The number of hydrogen-bond donors (Lipinski definition) is 1. The largest absolute Gasteiger partial charge is 0.398 e. The minimum Gasteiger partial charge on any atom is -0.398 e. The number of aryl methyl sites for hydroxylation is 2. The van der Waals surface area contributed by atoms with Crippen LogP contribution in [0.1, 0.15) is 30.5 Å². The Morgan fingerprint density at radius 1 is 1.19 bits per heavy atom. The number of rotatable bonds is 2. The highest BCUT2D eigenvalue weighted by Gasteiger charge is 2.13. The summed E-state index contributed by atoms with van der Waals surface area (Å²) in [5, 5.41) is 20.2. The van der Waals surface area contributed by atoms with Crippen LogP contribution in [0.15, 0.2) is 29.8 Å². The summed E-state index contributed by atoms with van der Waals surface area (Å²) in [6.45, 7) is 5.84. The number of nitrogens with zero attached hydrogens (tertiary/aromatic N) is 2. The quantitative estimate of drug-likeness (QED) is 0.662. The van der Waals surface area contributed by atoms with Crippen molar-refractivity contribution in [2.45, 2.75) is 27.2 Å². The van der Waals surface area contributed by atoms with E-state index in [2.05, 4.69) is 25.1 Å². The molecule has 2 aromatic carbocycles. The van der Waals surface area contributed by atoms with Gasteiger partial charge >= 0.3 is 0 Å². The molecule has 3 heteroatoms. The van der Waals surface area contributed by atoms with Crippen molar-refractivity contribution in [1.82, 2.24) is 0 Å². The van der Waals surface area contributed by atoms with E-state index in [4.69, 9.17) is 16.3 Å². The van der Waals surface area contributed by atoms with E-state index in [1.807, 2.05) is 25.1 Å². The predicted octanol–water partition coefficient (Wildman–Crippen LogP) is 4.11. The molecule has 0 radical (unpaired) electrons. The Labute approximate surface area is 124 Å². The van der Waals surface area contributed by atoms with E-state index in [0.717, 1.165) is 28.3 Å². The van der Waals surface area contributed by atoms with Crippen molar-refractivity contribution in [3.8, 4) is 12.1 Å².